The molecule has 3 rings (SSSR count). The Morgan fingerprint density at radius 2 is 2.18 bits per heavy atom. The Labute approximate surface area is 129 Å². The van der Waals surface area contributed by atoms with Crippen molar-refractivity contribution in [3.63, 3.8) is 0 Å². The molecule has 0 aromatic heterocycles. The molecule has 1 aromatic rings. The van der Waals surface area contributed by atoms with Crippen molar-refractivity contribution in [2.75, 3.05) is 18.5 Å². The number of rotatable bonds is 4. The van der Waals surface area contributed by atoms with Gasteiger partial charge < -0.3 is 20.1 Å². The molecule has 0 bridgehead atoms. The quantitative estimate of drug-likeness (QED) is 0.899. The summed E-state index contributed by atoms with van der Waals surface area (Å²) in [5, 5.41) is 11.9. The van der Waals surface area contributed by atoms with Crippen LogP contribution in [-0.4, -0.2) is 41.3 Å². The minimum absolute atomic E-state index is 0.0457. The summed E-state index contributed by atoms with van der Waals surface area (Å²) in [7, 11) is 0. The van der Waals surface area contributed by atoms with Crippen molar-refractivity contribution < 1.29 is 19.0 Å². The van der Waals surface area contributed by atoms with Crippen molar-refractivity contribution in [3.05, 3.63) is 24.0 Å². The average molecular weight is 308 g/mol. The summed E-state index contributed by atoms with van der Waals surface area (Å²) in [5.74, 6) is -0.234. The van der Waals surface area contributed by atoms with Gasteiger partial charge in [-0.05, 0) is 44.2 Å². The predicted octanol–water partition coefficient (Wildman–Crippen LogP) is 2.75. The molecule has 0 unspecified atom stereocenters. The van der Waals surface area contributed by atoms with Crippen molar-refractivity contribution in [1.82, 2.24) is 4.90 Å². The van der Waals surface area contributed by atoms with Crippen molar-refractivity contribution in [1.29, 1.82) is 0 Å². The molecule has 1 atom stereocenters. The highest BCUT2D eigenvalue weighted by Gasteiger charge is 2.28. The normalized spacial score (nSPS) is 21.5. The van der Waals surface area contributed by atoms with Gasteiger partial charge in [0.05, 0.1) is 18.8 Å². The third kappa shape index (κ3) is 3.16. The van der Waals surface area contributed by atoms with E-state index in [0.717, 1.165) is 32.1 Å². The number of halogens is 1. The number of ether oxygens (including phenoxy) is 1. The molecule has 2 fully saturated rings. The molecular formula is C16H21FN2O3. The van der Waals surface area contributed by atoms with Gasteiger partial charge in [0, 0.05) is 18.3 Å². The lowest BCUT2D eigenvalue weighted by molar-refractivity contribution is 0.115. The summed E-state index contributed by atoms with van der Waals surface area (Å²) < 4.78 is 19.6. The summed E-state index contributed by atoms with van der Waals surface area (Å²) in [6, 6.07) is 4.01. The Kier molecular flexibility index (Phi) is 4.47. The zero-order valence-electron chi connectivity index (χ0n) is 12.4. The molecule has 1 aromatic carbocycles. The van der Waals surface area contributed by atoms with Crippen LogP contribution in [0.1, 0.15) is 32.1 Å². The third-order valence-electron chi connectivity index (χ3n) is 4.38. The van der Waals surface area contributed by atoms with Crippen molar-refractivity contribution in [3.8, 4) is 5.75 Å². The van der Waals surface area contributed by atoms with Crippen LogP contribution in [0.5, 0.6) is 5.75 Å². The van der Waals surface area contributed by atoms with Crippen LogP contribution in [0.2, 0.25) is 0 Å². The van der Waals surface area contributed by atoms with E-state index in [9.17, 15) is 14.3 Å². The SMILES string of the molecule is O=C(Nc1ccc(OC2CCC2)c(F)c1)N1CCC[C@H]1CO. The Morgan fingerprint density at radius 1 is 1.36 bits per heavy atom. The molecule has 0 radical (unpaired) electrons. The van der Waals surface area contributed by atoms with E-state index in [4.69, 9.17) is 4.74 Å². The van der Waals surface area contributed by atoms with E-state index < -0.39 is 5.82 Å². The van der Waals surface area contributed by atoms with Gasteiger partial charge in [-0.2, -0.15) is 0 Å². The molecule has 2 amide bonds. The topological polar surface area (TPSA) is 61.8 Å². The van der Waals surface area contributed by atoms with E-state index in [1.54, 1.807) is 17.0 Å². The monoisotopic (exact) mass is 308 g/mol. The Hall–Kier alpha value is -1.82. The Balaban J connectivity index is 1.62. The predicted molar refractivity (Wildman–Crippen MR) is 80.5 cm³/mol. The number of nitrogens with one attached hydrogen (secondary N) is 1. The Morgan fingerprint density at radius 3 is 2.82 bits per heavy atom. The maximum atomic E-state index is 14.0. The van der Waals surface area contributed by atoms with Gasteiger partial charge in [-0.25, -0.2) is 9.18 Å². The highest BCUT2D eigenvalue weighted by molar-refractivity contribution is 5.89. The number of amides is 2. The van der Waals surface area contributed by atoms with Gasteiger partial charge in [0.2, 0.25) is 0 Å². The molecule has 1 aliphatic heterocycles. The molecule has 1 heterocycles. The second-order valence-corrected chi connectivity index (χ2v) is 5.92. The number of anilines is 1. The summed E-state index contributed by atoms with van der Waals surface area (Å²) in [5.41, 5.74) is 0.395. The van der Waals surface area contributed by atoms with Crippen LogP contribution in [0.25, 0.3) is 0 Å². The second-order valence-electron chi connectivity index (χ2n) is 5.92. The number of carbonyl (C=O) groups is 1. The maximum absolute atomic E-state index is 14.0. The zero-order chi connectivity index (χ0) is 15.5. The molecule has 1 saturated carbocycles. The van der Waals surface area contributed by atoms with E-state index >= 15 is 0 Å². The number of aliphatic hydroxyl groups excluding tert-OH is 1. The molecular weight excluding hydrogens is 287 g/mol. The molecule has 2 N–H and O–H groups in total. The minimum atomic E-state index is -0.468. The van der Waals surface area contributed by atoms with Crippen LogP contribution < -0.4 is 10.1 Å². The Bertz CT molecular complexity index is 548. The first-order chi connectivity index (χ1) is 10.7. The molecule has 1 aliphatic carbocycles. The smallest absolute Gasteiger partial charge is 0.322 e. The minimum Gasteiger partial charge on any atom is -0.487 e. The molecule has 1 saturated heterocycles. The van der Waals surface area contributed by atoms with Gasteiger partial charge in [-0.15, -0.1) is 0 Å². The first kappa shape index (κ1) is 15.1. The fourth-order valence-electron chi connectivity index (χ4n) is 2.83. The number of hydrogen-bond donors (Lipinski definition) is 2. The highest BCUT2D eigenvalue weighted by atomic mass is 19.1. The molecule has 120 valence electrons. The molecule has 6 heteroatoms. The fraction of sp³-hybridized carbons (Fsp3) is 0.562. The number of benzene rings is 1. The number of carbonyl (C=O) groups excluding carboxylic acids is 1. The molecule has 22 heavy (non-hydrogen) atoms. The first-order valence-corrected chi connectivity index (χ1v) is 7.82. The number of hydrogen-bond acceptors (Lipinski definition) is 3. The van der Waals surface area contributed by atoms with E-state index in [2.05, 4.69) is 5.32 Å². The van der Waals surface area contributed by atoms with Crippen LogP contribution >= 0.6 is 0 Å². The van der Waals surface area contributed by atoms with E-state index in [1.807, 2.05) is 0 Å². The van der Waals surface area contributed by atoms with E-state index in [1.165, 1.54) is 6.07 Å². The van der Waals surface area contributed by atoms with Gasteiger partial charge >= 0.3 is 6.03 Å². The zero-order valence-corrected chi connectivity index (χ0v) is 12.4. The fourth-order valence-corrected chi connectivity index (χ4v) is 2.83. The maximum Gasteiger partial charge on any atom is 0.322 e. The van der Waals surface area contributed by atoms with Crippen LogP contribution in [0, 0.1) is 5.82 Å². The molecule has 2 aliphatic rings. The largest absolute Gasteiger partial charge is 0.487 e. The molecule has 5 nitrogen and oxygen atoms in total. The molecule has 0 spiro atoms. The van der Waals surface area contributed by atoms with E-state index in [0.29, 0.717) is 12.2 Å². The van der Waals surface area contributed by atoms with Crippen LogP contribution in [-0.2, 0) is 0 Å². The van der Waals surface area contributed by atoms with Gasteiger partial charge in [0.25, 0.3) is 0 Å². The lowest BCUT2D eigenvalue weighted by Crippen LogP contribution is -2.40. The standard InChI is InChI=1S/C16H21FN2O3/c17-14-9-11(6-7-15(14)22-13-4-1-5-13)18-16(21)19-8-2-3-12(19)10-20/h6-7,9,12-13,20H,1-5,8,10H2,(H,18,21)/t12-/m0/s1. The summed E-state index contributed by atoms with van der Waals surface area (Å²) in [6.45, 7) is 0.568. The van der Waals surface area contributed by atoms with Crippen LogP contribution in [0.4, 0.5) is 14.9 Å². The van der Waals surface area contributed by atoms with Gasteiger partial charge in [0.1, 0.15) is 0 Å². The van der Waals surface area contributed by atoms with Crippen molar-refractivity contribution in [2.45, 2.75) is 44.2 Å². The lowest BCUT2D eigenvalue weighted by Gasteiger charge is -2.26. The summed E-state index contributed by atoms with van der Waals surface area (Å²) >= 11 is 0. The lowest BCUT2D eigenvalue weighted by atomic mass is 9.96. The number of urea groups is 1. The number of aliphatic hydroxyl groups is 1. The van der Waals surface area contributed by atoms with Crippen LogP contribution in [0.3, 0.4) is 0 Å². The number of nitrogens with zero attached hydrogens (tertiary/aromatic N) is 1. The summed E-state index contributed by atoms with van der Waals surface area (Å²) in [6.07, 6.45) is 4.85. The van der Waals surface area contributed by atoms with Crippen molar-refractivity contribution in [2.24, 2.45) is 0 Å². The van der Waals surface area contributed by atoms with Gasteiger partial charge in [-0.3, -0.25) is 0 Å². The third-order valence-corrected chi connectivity index (χ3v) is 4.38. The van der Waals surface area contributed by atoms with Crippen molar-refractivity contribution >= 4 is 11.7 Å². The van der Waals surface area contributed by atoms with Gasteiger partial charge in [-0.1, -0.05) is 0 Å². The van der Waals surface area contributed by atoms with Crippen LogP contribution in [0.15, 0.2) is 18.2 Å². The van der Waals surface area contributed by atoms with Gasteiger partial charge in [0.15, 0.2) is 11.6 Å². The van der Waals surface area contributed by atoms with E-state index in [-0.39, 0.29) is 30.5 Å². The highest BCUT2D eigenvalue weighted by Crippen LogP contribution is 2.28. The average Bonchev–Trinajstić information content (AvgIpc) is 2.93. The summed E-state index contributed by atoms with van der Waals surface area (Å²) in [4.78, 5) is 13.8. The number of likely N-dealkylation sites (tertiary alicyclic amines) is 1. The second kappa shape index (κ2) is 6.52. The first-order valence-electron chi connectivity index (χ1n) is 7.82.